The normalized spacial score (nSPS) is 12.6. The van der Waals surface area contributed by atoms with E-state index in [1.54, 1.807) is 0 Å². The second kappa shape index (κ2) is 49.5. The predicted octanol–water partition coefficient (Wildman–Crippen LogP) is 16.6. The third-order valence-corrected chi connectivity index (χ3v) is 10.7. The number of allylic oxidation sites excluding steroid dienone is 12. The van der Waals surface area contributed by atoms with Crippen LogP contribution in [0.15, 0.2) is 72.9 Å². The van der Waals surface area contributed by atoms with Gasteiger partial charge in [-0.3, -0.25) is 14.4 Å². The van der Waals surface area contributed by atoms with Crippen LogP contribution in [0.1, 0.15) is 239 Å². The zero-order chi connectivity index (χ0) is 44.4. The van der Waals surface area contributed by atoms with Gasteiger partial charge in [0, 0.05) is 19.3 Å². The Morgan fingerprint density at radius 2 is 0.656 bits per heavy atom. The maximum atomic E-state index is 12.8. The van der Waals surface area contributed by atoms with E-state index >= 15 is 0 Å². The van der Waals surface area contributed by atoms with Crippen LogP contribution in [0.25, 0.3) is 0 Å². The van der Waals surface area contributed by atoms with Crippen LogP contribution in [-0.2, 0) is 28.6 Å². The van der Waals surface area contributed by atoms with Crippen LogP contribution in [0.5, 0.6) is 0 Å². The highest BCUT2D eigenvalue weighted by Crippen LogP contribution is 2.13. The molecule has 0 rings (SSSR count). The van der Waals surface area contributed by atoms with Crippen molar-refractivity contribution in [1.82, 2.24) is 0 Å². The number of carbonyl (C=O) groups excluding carboxylic acids is 3. The smallest absolute Gasteiger partial charge is 0.306 e. The number of ether oxygens (including phenoxy) is 3. The summed E-state index contributed by atoms with van der Waals surface area (Å²) in [7, 11) is 0. The topological polar surface area (TPSA) is 78.9 Å². The van der Waals surface area contributed by atoms with E-state index in [1.807, 2.05) is 0 Å². The Morgan fingerprint density at radius 3 is 1.07 bits per heavy atom. The molecular formula is C55H94O6. The van der Waals surface area contributed by atoms with Gasteiger partial charge in [-0.15, -0.1) is 0 Å². The number of unbranched alkanes of at least 4 members (excludes halogenated alkanes) is 22. The van der Waals surface area contributed by atoms with Crippen LogP contribution in [0, 0.1) is 0 Å². The number of hydrogen-bond acceptors (Lipinski definition) is 6. The number of carbonyl (C=O) groups is 3. The minimum atomic E-state index is -0.792. The molecule has 0 N–H and O–H groups in total. The molecule has 0 aromatic heterocycles. The summed E-state index contributed by atoms with van der Waals surface area (Å²) in [5, 5.41) is 0. The Balaban J connectivity index is 4.45. The van der Waals surface area contributed by atoms with Crippen molar-refractivity contribution in [3.63, 3.8) is 0 Å². The summed E-state index contributed by atoms with van der Waals surface area (Å²) in [6.07, 6.45) is 61.6. The number of hydrogen-bond donors (Lipinski definition) is 0. The SMILES string of the molecule is CC/C=C/C/C=C/C/C=C/CCCCCCCC(=O)OC[C@@H](COC(=O)CCCCCCC/C=C/CCCCCCC)OC(=O)CCCCCCC/C=C/C/C=C/CCCC. The molecular weight excluding hydrogens is 757 g/mol. The van der Waals surface area contributed by atoms with Gasteiger partial charge in [-0.25, -0.2) is 0 Å². The molecule has 6 nitrogen and oxygen atoms in total. The van der Waals surface area contributed by atoms with E-state index in [2.05, 4.69) is 93.7 Å². The molecule has 0 unspecified atom stereocenters. The van der Waals surface area contributed by atoms with E-state index in [9.17, 15) is 14.4 Å². The second-order valence-electron chi connectivity index (χ2n) is 16.7. The molecule has 0 saturated heterocycles. The molecule has 0 aromatic rings. The highest BCUT2D eigenvalue weighted by molar-refractivity contribution is 5.71. The van der Waals surface area contributed by atoms with Crippen molar-refractivity contribution in [3.05, 3.63) is 72.9 Å². The molecule has 0 heterocycles. The molecule has 0 aliphatic heterocycles. The van der Waals surface area contributed by atoms with Crippen molar-refractivity contribution in [2.75, 3.05) is 13.2 Å². The summed E-state index contributed by atoms with van der Waals surface area (Å²) in [5.41, 5.74) is 0. The molecule has 0 aromatic carbocycles. The first-order chi connectivity index (χ1) is 30.0. The Morgan fingerprint density at radius 1 is 0.344 bits per heavy atom. The van der Waals surface area contributed by atoms with Gasteiger partial charge in [0.05, 0.1) is 0 Å². The molecule has 350 valence electrons. The molecule has 6 heteroatoms. The van der Waals surface area contributed by atoms with Crippen molar-refractivity contribution in [3.8, 4) is 0 Å². The Kier molecular flexibility index (Phi) is 46.9. The average Bonchev–Trinajstić information content (AvgIpc) is 3.26. The van der Waals surface area contributed by atoms with Crippen LogP contribution in [-0.4, -0.2) is 37.2 Å². The lowest BCUT2D eigenvalue weighted by molar-refractivity contribution is -0.167. The fraction of sp³-hybridized carbons (Fsp3) is 0.727. The zero-order valence-corrected chi connectivity index (χ0v) is 39.9. The summed E-state index contributed by atoms with van der Waals surface area (Å²) < 4.78 is 16.8. The van der Waals surface area contributed by atoms with Crippen LogP contribution in [0.2, 0.25) is 0 Å². The van der Waals surface area contributed by atoms with Crippen LogP contribution in [0.4, 0.5) is 0 Å². The standard InChI is InChI=1S/C55H94O6/c1-4-7-10-13-16-19-22-25-28-31-33-36-39-42-45-48-54(57)60-51-52(61-55(58)49-46-43-40-37-34-30-27-24-21-18-15-12-9-6-3)50-59-53(56)47-44-41-38-35-32-29-26-23-20-17-14-11-8-5-2/h7,10,15-16,18-19,23-28,52H,4-6,8-9,11-14,17,20-22,29-51H2,1-3H3/b10-7+,18-15+,19-16+,26-23+,27-24+,28-25+/t52-/m1/s1. The third kappa shape index (κ3) is 47.7. The van der Waals surface area contributed by atoms with Gasteiger partial charge in [0.15, 0.2) is 6.10 Å². The van der Waals surface area contributed by atoms with Crippen molar-refractivity contribution in [2.24, 2.45) is 0 Å². The molecule has 0 aliphatic carbocycles. The maximum Gasteiger partial charge on any atom is 0.306 e. The lowest BCUT2D eigenvalue weighted by Gasteiger charge is -2.18. The van der Waals surface area contributed by atoms with Gasteiger partial charge < -0.3 is 14.2 Å². The van der Waals surface area contributed by atoms with Gasteiger partial charge in [-0.1, -0.05) is 190 Å². The van der Waals surface area contributed by atoms with Crippen LogP contribution in [0.3, 0.4) is 0 Å². The molecule has 0 amide bonds. The molecule has 0 spiro atoms. The fourth-order valence-electron chi connectivity index (χ4n) is 6.82. The largest absolute Gasteiger partial charge is 0.462 e. The minimum absolute atomic E-state index is 0.0914. The summed E-state index contributed by atoms with van der Waals surface area (Å²) in [4.78, 5) is 37.9. The van der Waals surface area contributed by atoms with E-state index in [4.69, 9.17) is 14.2 Å². The fourth-order valence-corrected chi connectivity index (χ4v) is 6.82. The van der Waals surface area contributed by atoms with Gasteiger partial charge >= 0.3 is 17.9 Å². The molecule has 1 atom stereocenters. The monoisotopic (exact) mass is 851 g/mol. The van der Waals surface area contributed by atoms with E-state index in [1.165, 1.54) is 70.6 Å². The van der Waals surface area contributed by atoms with Gasteiger partial charge in [-0.05, 0) is 103 Å². The van der Waals surface area contributed by atoms with E-state index in [0.717, 1.165) is 128 Å². The van der Waals surface area contributed by atoms with Crippen LogP contribution < -0.4 is 0 Å². The highest BCUT2D eigenvalue weighted by atomic mass is 16.6. The number of esters is 3. The zero-order valence-electron chi connectivity index (χ0n) is 39.9. The van der Waals surface area contributed by atoms with Crippen molar-refractivity contribution in [2.45, 2.75) is 245 Å². The molecule has 0 saturated carbocycles. The summed E-state index contributed by atoms with van der Waals surface area (Å²) in [6.45, 7) is 6.44. The summed E-state index contributed by atoms with van der Waals surface area (Å²) >= 11 is 0. The quantitative estimate of drug-likeness (QED) is 0.0263. The summed E-state index contributed by atoms with van der Waals surface area (Å²) in [5.74, 6) is -0.931. The van der Waals surface area contributed by atoms with Gasteiger partial charge in [-0.2, -0.15) is 0 Å². The Labute approximate surface area is 376 Å². The van der Waals surface area contributed by atoms with E-state index in [0.29, 0.717) is 19.3 Å². The molecule has 61 heavy (non-hydrogen) atoms. The van der Waals surface area contributed by atoms with E-state index in [-0.39, 0.29) is 31.1 Å². The average molecular weight is 851 g/mol. The molecule has 0 radical (unpaired) electrons. The first kappa shape index (κ1) is 57.9. The minimum Gasteiger partial charge on any atom is -0.462 e. The van der Waals surface area contributed by atoms with Crippen molar-refractivity contribution < 1.29 is 28.6 Å². The first-order valence-corrected chi connectivity index (χ1v) is 25.4. The Hall–Kier alpha value is -3.15. The van der Waals surface area contributed by atoms with Crippen molar-refractivity contribution >= 4 is 17.9 Å². The summed E-state index contributed by atoms with van der Waals surface area (Å²) in [6, 6.07) is 0. The van der Waals surface area contributed by atoms with Gasteiger partial charge in [0.25, 0.3) is 0 Å². The Bertz CT molecular complexity index is 1160. The first-order valence-electron chi connectivity index (χ1n) is 25.4. The molecule has 0 bridgehead atoms. The molecule has 0 aliphatic rings. The van der Waals surface area contributed by atoms with Crippen molar-refractivity contribution in [1.29, 1.82) is 0 Å². The molecule has 0 fully saturated rings. The van der Waals surface area contributed by atoms with E-state index < -0.39 is 6.10 Å². The van der Waals surface area contributed by atoms with Gasteiger partial charge in [0.2, 0.25) is 0 Å². The lowest BCUT2D eigenvalue weighted by atomic mass is 10.1. The highest BCUT2D eigenvalue weighted by Gasteiger charge is 2.19. The third-order valence-electron chi connectivity index (χ3n) is 10.7. The van der Waals surface area contributed by atoms with Gasteiger partial charge in [0.1, 0.15) is 13.2 Å². The lowest BCUT2D eigenvalue weighted by Crippen LogP contribution is -2.30. The second-order valence-corrected chi connectivity index (χ2v) is 16.7. The number of rotatable bonds is 45. The van der Waals surface area contributed by atoms with Crippen LogP contribution >= 0.6 is 0 Å². The maximum absolute atomic E-state index is 12.8. The predicted molar refractivity (Wildman–Crippen MR) is 261 cm³/mol.